The van der Waals surface area contributed by atoms with Crippen LogP contribution < -0.4 is 5.73 Å². The zero-order chi connectivity index (χ0) is 13.8. The molecule has 0 atom stereocenters. The fourth-order valence-corrected chi connectivity index (χ4v) is 3.79. The Morgan fingerprint density at radius 3 is 2.28 bits per heavy atom. The van der Waals surface area contributed by atoms with E-state index in [1.54, 1.807) is 6.92 Å². The fraction of sp³-hybridized carbons (Fsp3) is 1.00. The highest BCUT2D eigenvalue weighted by atomic mass is 32.2. The van der Waals surface area contributed by atoms with Crippen LogP contribution in [0.2, 0.25) is 0 Å². The van der Waals surface area contributed by atoms with E-state index in [-0.39, 0.29) is 11.3 Å². The number of nitrogens with two attached hydrogens (primary N) is 1. The Morgan fingerprint density at radius 2 is 1.83 bits per heavy atom. The third-order valence-electron chi connectivity index (χ3n) is 4.54. The molecule has 0 radical (unpaired) electrons. The monoisotopic (exact) mass is 275 g/mol. The molecule has 1 saturated carbocycles. The van der Waals surface area contributed by atoms with Gasteiger partial charge in [0.05, 0.1) is 5.75 Å². The molecule has 0 saturated heterocycles. The van der Waals surface area contributed by atoms with Crippen molar-refractivity contribution >= 4 is 9.84 Å². The molecule has 18 heavy (non-hydrogen) atoms. The molecule has 0 aromatic carbocycles. The largest absolute Gasteiger partial charge is 0.325 e. The van der Waals surface area contributed by atoms with Crippen molar-refractivity contribution in [3.05, 3.63) is 0 Å². The average Bonchev–Trinajstić information content (AvgIpc) is 2.29. The van der Waals surface area contributed by atoms with Gasteiger partial charge >= 0.3 is 0 Å². The molecule has 3 nitrogen and oxygen atoms in total. The van der Waals surface area contributed by atoms with Crippen LogP contribution >= 0.6 is 0 Å². The fourth-order valence-electron chi connectivity index (χ4n) is 2.92. The molecular formula is C14H29NO2S. The van der Waals surface area contributed by atoms with E-state index in [0.717, 1.165) is 37.5 Å². The lowest BCUT2D eigenvalue weighted by Crippen LogP contribution is -2.44. The SMILES string of the molecule is CCS(=O)(=O)CCCC1(N)CCC(C(C)C)CC1. The lowest BCUT2D eigenvalue weighted by molar-refractivity contribution is 0.186. The summed E-state index contributed by atoms with van der Waals surface area (Å²) in [6.07, 6.45) is 6.10. The summed E-state index contributed by atoms with van der Waals surface area (Å²) in [6, 6.07) is 0. The molecule has 4 heteroatoms. The molecule has 0 aromatic heterocycles. The third-order valence-corrected chi connectivity index (χ3v) is 6.33. The molecule has 1 aliphatic rings. The van der Waals surface area contributed by atoms with Gasteiger partial charge in [0.25, 0.3) is 0 Å². The summed E-state index contributed by atoms with van der Waals surface area (Å²) in [4.78, 5) is 0. The summed E-state index contributed by atoms with van der Waals surface area (Å²) in [5.41, 5.74) is 6.29. The number of sulfone groups is 1. The van der Waals surface area contributed by atoms with E-state index in [2.05, 4.69) is 13.8 Å². The smallest absolute Gasteiger partial charge is 0.150 e. The predicted molar refractivity (Wildman–Crippen MR) is 77.3 cm³/mol. The van der Waals surface area contributed by atoms with Crippen molar-refractivity contribution in [3.63, 3.8) is 0 Å². The molecule has 1 aliphatic carbocycles. The summed E-state index contributed by atoms with van der Waals surface area (Å²) in [6.45, 7) is 6.27. The molecular weight excluding hydrogens is 246 g/mol. The van der Waals surface area contributed by atoms with E-state index in [4.69, 9.17) is 5.73 Å². The van der Waals surface area contributed by atoms with Crippen molar-refractivity contribution in [2.24, 2.45) is 17.6 Å². The summed E-state index contributed by atoms with van der Waals surface area (Å²) in [5, 5.41) is 0. The predicted octanol–water partition coefficient (Wildman–Crippen LogP) is 2.75. The maximum Gasteiger partial charge on any atom is 0.150 e. The van der Waals surface area contributed by atoms with E-state index in [1.165, 1.54) is 12.8 Å². The number of hydrogen-bond donors (Lipinski definition) is 1. The van der Waals surface area contributed by atoms with Gasteiger partial charge in [0, 0.05) is 11.3 Å². The van der Waals surface area contributed by atoms with Crippen LogP contribution in [0.25, 0.3) is 0 Å². The van der Waals surface area contributed by atoms with Crippen LogP contribution in [-0.2, 0) is 9.84 Å². The Morgan fingerprint density at radius 1 is 1.28 bits per heavy atom. The molecule has 0 unspecified atom stereocenters. The van der Waals surface area contributed by atoms with Gasteiger partial charge in [-0.25, -0.2) is 8.42 Å². The van der Waals surface area contributed by atoms with Gasteiger partial charge < -0.3 is 5.73 Å². The van der Waals surface area contributed by atoms with Crippen LogP contribution in [0.1, 0.15) is 59.3 Å². The Balaban J connectivity index is 2.35. The zero-order valence-corrected chi connectivity index (χ0v) is 12.9. The topological polar surface area (TPSA) is 60.2 Å². The maximum absolute atomic E-state index is 11.4. The maximum atomic E-state index is 11.4. The van der Waals surface area contributed by atoms with Gasteiger partial charge in [0.15, 0.2) is 0 Å². The third kappa shape index (κ3) is 4.88. The molecule has 2 N–H and O–H groups in total. The van der Waals surface area contributed by atoms with Crippen molar-refractivity contribution in [2.45, 2.75) is 64.8 Å². The standard InChI is InChI=1S/C14H29NO2S/c1-4-18(16,17)11-5-8-14(15)9-6-13(7-10-14)12(2)3/h12-13H,4-11,15H2,1-3H3. The molecule has 0 bridgehead atoms. The van der Waals surface area contributed by atoms with Crippen LogP contribution in [0.3, 0.4) is 0 Å². The molecule has 0 heterocycles. The zero-order valence-electron chi connectivity index (χ0n) is 12.1. The van der Waals surface area contributed by atoms with Crippen molar-refractivity contribution in [3.8, 4) is 0 Å². The molecule has 1 rings (SSSR count). The Kier molecular flexibility index (Phi) is 5.66. The quantitative estimate of drug-likeness (QED) is 0.811. The summed E-state index contributed by atoms with van der Waals surface area (Å²) >= 11 is 0. The van der Waals surface area contributed by atoms with Crippen molar-refractivity contribution < 1.29 is 8.42 Å². The second kappa shape index (κ2) is 6.38. The first-order chi connectivity index (χ1) is 8.28. The van der Waals surface area contributed by atoms with Gasteiger partial charge in [-0.3, -0.25) is 0 Å². The first-order valence-corrected chi connectivity index (χ1v) is 9.09. The Bertz CT molecular complexity index is 341. The Labute approximate surface area is 112 Å². The summed E-state index contributed by atoms with van der Waals surface area (Å²) < 4.78 is 22.9. The van der Waals surface area contributed by atoms with Crippen LogP contribution in [0.15, 0.2) is 0 Å². The highest BCUT2D eigenvalue weighted by molar-refractivity contribution is 7.91. The molecule has 0 aromatic rings. The van der Waals surface area contributed by atoms with E-state index in [9.17, 15) is 8.42 Å². The average molecular weight is 275 g/mol. The lowest BCUT2D eigenvalue weighted by Gasteiger charge is -2.38. The number of hydrogen-bond acceptors (Lipinski definition) is 3. The minimum atomic E-state index is -2.83. The van der Waals surface area contributed by atoms with Crippen LogP contribution in [-0.4, -0.2) is 25.5 Å². The first kappa shape index (κ1) is 16.0. The van der Waals surface area contributed by atoms with E-state index in [0.29, 0.717) is 5.75 Å². The minimum absolute atomic E-state index is 0.103. The second-order valence-electron chi connectivity index (χ2n) is 6.28. The molecule has 0 spiro atoms. The van der Waals surface area contributed by atoms with Gasteiger partial charge in [0.2, 0.25) is 0 Å². The van der Waals surface area contributed by atoms with Crippen LogP contribution in [0, 0.1) is 11.8 Å². The lowest BCUT2D eigenvalue weighted by atomic mass is 9.72. The van der Waals surface area contributed by atoms with Crippen molar-refractivity contribution in [2.75, 3.05) is 11.5 Å². The number of rotatable bonds is 6. The molecule has 0 aliphatic heterocycles. The van der Waals surface area contributed by atoms with E-state index in [1.807, 2.05) is 0 Å². The van der Waals surface area contributed by atoms with Crippen molar-refractivity contribution in [1.29, 1.82) is 0 Å². The van der Waals surface area contributed by atoms with Gasteiger partial charge in [-0.2, -0.15) is 0 Å². The molecule has 0 amide bonds. The minimum Gasteiger partial charge on any atom is -0.325 e. The second-order valence-corrected chi connectivity index (χ2v) is 8.76. The highest BCUT2D eigenvalue weighted by Crippen LogP contribution is 2.36. The first-order valence-electron chi connectivity index (χ1n) is 7.27. The van der Waals surface area contributed by atoms with Crippen LogP contribution in [0.4, 0.5) is 0 Å². The van der Waals surface area contributed by atoms with E-state index < -0.39 is 9.84 Å². The van der Waals surface area contributed by atoms with E-state index >= 15 is 0 Å². The summed E-state index contributed by atoms with van der Waals surface area (Å²) in [7, 11) is -2.83. The Hall–Kier alpha value is -0.0900. The van der Waals surface area contributed by atoms with Crippen LogP contribution in [0.5, 0.6) is 0 Å². The molecule has 108 valence electrons. The van der Waals surface area contributed by atoms with Gasteiger partial charge in [-0.1, -0.05) is 20.8 Å². The highest BCUT2D eigenvalue weighted by Gasteiger charge is 2.32. The van der Waals surface area contributed by atoms with Crippen molar-refractivity contribution in [1.82, 2.24) is 0 Å². The van der Waals surface area contributed by atoms with Gasteiger partial charge in [0.1, 0.15) is 9.84 Å². The van der Waals surface area contributed by atoms with Gasteiger partial charge in [-0.15, -0.1) is 0 Å². The van der Waals surface area contributed by atoms with Gasteiger partial charge in [-0.05, 0) is 50.4 Å². The normalized spacial score (nSPS) is 29.7. The summed E-state index contributed by atoms with van der Waals surface area (Å²) in [5.74, 6) is 2.10. The molecule has 1 fully saturated rings.